The van der Waals surface area contributed by atoms with Crippen LogP contribution in [0.15, 0.2) is 36.4 Å². The Labute approximate surface area is 169 Å². The molecule has 2 heterocycles. The molecule has 152 valence electrons. The van der Waals surface area contributed by atoms with E-state index in [0.717, 1.165) is 17.7 Å². The predicted octanol–water partition coefficient (Wildman–Crippen LogP) is 3.16. The number of carbonyl (C=O) groups is 2. The van der Waals surface area contributed by atoms with Crippen LogP contribution in [0.1, 0.15) is 25.8 Å². The van der Waals surface area contributed by atoms with E-state index in [9.17, 15) is 9.59 Å². The van der Waals surface area contributed by atoms with Crippen LogP contribution in [0.5, 0.6) is 17.2 Å². The van der Waals surface area contributed by atoms with Gasteiger partial charge in [-0.25, -0.2) is 0 Å². The molecule has 0 saturated heterocycles. The first-order valence-corrected chi connectivity index (χ1v) is 9.83. The molecule has 0 spiro atoms. The summed E-state index contributed by atoms with van der Waals surface area (Å²) in [5.74, 6) is 1.48. The normalized spacial score (nSPS) is 17.5. The SMILES string of the molecule is CCOc1cc2c(cc1NC(=O)CN1C(=O)CCOc3ccccc31)O[C@H](C)C2. The summed E-state index contributed by atoms with van der Waals surface area (Å²) in [6, 6.07) is 10.9. The van der Waals surface area contributed by atoms with Gasteiger partial charge in [0.25, 0.3) is 0 Å². The minimum Gasteiger partial charge on any atom is -0.492 e. The van der Waals surface area contributed by atoms with Gasteiger partial charge >= 0.3 is 0 Å². The summed E-state index contributed by atoms with van der Waals surface area (Å²) >= 11 is 0. The van der Waals surface area contributed by atoms with Crippen LogP contribution >= 0.6 is 0 Å². The fourth-order valence-electron chi connectivity index (χ4n) is 3.64. The molecule has 2 aromatic carbocycles. The summed E-state index contributed by atoms with van der Waals surface area (Å²) in [5, 5.41) is 2.88. The number of nitrogens with zero attached hydrogens (tertiary/aromatic N) is 1. The fraction of sp³-hybridized carbons (Fsp3) is 0.364. The van der Waals surface area contributed by atoms with Crippen molar-refractivity contribution in [1.29, 1.82) is 0 Å². The summed E-state index contributed by atoms with van der Waals surface area (Å²) in [4.78, 5) is 26.8. The Balaban J connectivity index is 1.56. The Kier molecular flexibility index (Phi) is 5.29. The molecule has 7 heteroatoms. The number of amides is 2. The minimum absolute atomic E-state index is 0.0941. The van der Waals surface area contributed by atoms with Crippen LogP contribution in [0, 0.1) is 0 Å². The van der Waals surface area contributed by atoms with Gasteiger partial charge in [-0.05, 0) is 32.0 Å². The minimum atomic E-state index is -0.318. The van der Waals surface area contributed by atoms with E-state index in [0.29, 0.717) is 36.1 Å². The maximum atomic E-state index is 12.8. The highest BCUT2D eigenvalue weighted by Crippen LogP contribution is 2.38. The molecule has 29 heavy (non-hydrogen) atoms. The van der Waals surface area contributed by atoms with E-state index < -0.39 is 0 Å². The number of benzene rings is 2. The van der Waals surface area contributed by atoms with Crippen molar-refractivity contribution in [3.63, 3.8) is 0 Å². The predicted molar refractivity (Wildman–Crippen MR) is 109 cm³/mol. The lowest BCUT2D eigenvalue weighted by molar-refractivity contribution is -0.121. The molecule has 0 unspecified atom stereocenters. The zero-order valence-electron chi connectivity index (χ0n) is 16.6. The van der Waals surface area contributed by atoms with Crippen LogP contribution in [0.25, 0.3) is 0 Å². The smallest absolute Gasteiger partial charge is 0.244 e. The van der Waals surface area contributed by atoms with Crippen LogP contribution in [-0.4, -0.2) is 37.7 Å². The molecule has 1 N–H and O–H groups in total. The number of anilines is 2. The molecule has 2 aromatic rings. The number of nitrogens with one attached hydrogen (secondary N) is 1. The third kappa shape index (κ3) is 3.99. The third-order valence-electron chi connectivity index (χ3n) is 4.90. The number of ether oxygens (including phenoxy) is 3. The van der Waals surface area contributed by atoms with Gasteiger partial charge in [-0.1, -0.05) is 12.1 Å². The van der Waals surface area contributed by atoms with Gasteiger partial charge in [0.1, 0.15) is 29.9 Å². The number of fused-ring (bicyclic) bond motifs is 2. The lowest BCUT2D eigenvalue weighted by atomic mass is 10.1. The molecular formula is C22H24N2O5. The van der Waals surface area contributed by atoms with Gasteiger partial charge in [0.05, 0.1) is 31.0 Å². The van der Waals surface area contributed by atoms with Crippen LogP contribution < -0.4 is 24.4 Å². The number of rotatable bonds is 5. The highest BCUT2D eigenvalue weighted by Gasteiger charge is 2.26. The second-order valence-corrected chi connectivity index (χ2v) is 7.12. The van der Waals surface area contributed by atoms with Gasteiger partial charge in [0.15, 0.2) is 0 Å². The van der Waals surface area contributed by atoms with Crippen molar-refractivity contribution in [3.8, 4) is 17.2 Å². The Hall–Kier alpha value is -3.22. The molecule has 0 radical (unpaired) electrons. The van der Waals surface area contributed by atoms with Crippen LogP contribution in [0.4, 0.5) is 11.4 Å². The summed E-state index contributed by atoms with van der Waals surface area (Å²) in [5.41, 5.74) is 2.20. The van der Waals surface area contributed by atoms with E-state index in [2.05, 4.69) is 5.32 Å². The van der Waals surface area contributed by atoms with Crippen molar-refractivity contribution < 1.29 is 23.8 Å². The number of hydrogen-bond donors (Lipinski definition) is 1. The first kappa shape index (κ1) is 19.1. The molecule has 0 bridgehead atoms. The highest BCUT2D eigenvalue weighted by molar-refractivity contribution is 6.04. The molecule has 0 aliphatic carbocycles. The number of para-hydroxylation sites is 2. The molecular weight excluding hydrogens is 372 g/mol. The molecule has 7 nitrogen and oxygen atoms in total. The summed E-state index contributed by atoms with van der Waals surface area (Å²) in [7, 11) is 0. The molecule has 0 aromatic heterocycles. The second kappa shape index (κ2) is 8.03. The molecule has 0 saturated carbocycles. The quantitative estimate of drug-likeness (QED) is 0.840. The van der Waals surface area contributed by atoms with Gasteiger partial charge < -0.3 is 19.5 Å². The fourth-order valence-corrected chi connectivity index (χ4v) is 3.64. The Bertz CT molecular complexity index is 943. The van der Waals surface area contributed by atoms with Crippen LogP contribution in [-0.2, 0) is 16.0 Å². The van der Waals surface area contributed by atoms with Crippen molar-refractivity contribution in [3.05, 3.63) is 42.0 Å². The molecule has 4 rings (SSSR count). The van der Waals surface area contributed by atoms with E-state index in [4.69, 9.17) is 14.2 Å². The van der Waals surface area contributed by atoms with Crippen LogP contribution in [0.3, 0.4) is 0 Å². The van der Waals surface area contributed by atoms with Gasteiger partial charge in [0, 0.05) is 18.1 Å². The number of carbonyl (C=O) groups excluding carboxylic acids is 2. The van der Waals surface area contributed by atoms with Crippen molar-refractivity contribution in [2.24, 2.45) is 0 Å². The van der Waals surface area contributed by atoms with Gasteiger partial charge in [-0.2, -0.15) is 0 Å². The monoisotopic (exact) mass is 396 g/mol. The molecule has 2 aliphatic rings. The summed E-state index contributed by atoms with van der Waals surface area (Å²) in [6.07, 6.45) is 1.12. The lowest BCUT2D eigenvalue weighted by Gasteiger charge is -2.22. The zero-order valence-corrected chi connectivity index (χ0v) is 16.6. The van der Waals surface area contributed by atoms with E-state index in [-0.39, 0.29) is 30.9 Å². The molecule has 2 amide bonds. The van der Waals surface area contributed by atoms with Crippen molar-refractivity contribution in [1.82, 2.24) is 0 Å². The molecule has 2 aliphatic heterocycles. The van der Waals surface area contributed by atoms with Gasteiger partial charge in [-0.3, -0.25) is 14.5 Å². The first-order chi connectivity index (χ1) is 14.0. The Morgan fingerprint density at radius 1 is 1.28 bits per heavy atom. The van der Waals surface area contributed by atoms with E-state index in [1.807, 2.05) is 32.0 Å². The Morgan fingerprint density at radius 3 is 2.93 bits per heavy atom. The van der Waals surface area contributed by atoms with E-state index in [1.54, 1.807) is 18.2 Å². The largest absolute Gasteiger partial charge is 0.492 e. The zero-order chi connectivity index (χ0) is 20.4. The van der Waals surface area contributed by atoms with Crippen molar-refractivity contribution in [2.45, 2.75) is 32.8 Å². The Morgan fingerprint density at radius 2 is 2.10 bits per heavy atom. The number of hydrogen-bond acceptors (Lipinski definition) is 5. The topological polar surface area (TPSA) is 77.1 Å². The second-order valence-electron chi connectivity index (χ2n) is 7.12. The lowest BCUT2D eigenvalue weighted by Crippen LogP contribution is -2.37. The summed E-state index contributed by atoms with van der Waals surface area (Å²) < 4.78 is 17.1. The van der Waals surface area contributed by atoms with Gasteiger partial charge in [0.2, 0.25) is 11.8 Å². The highest BCUT2D eigenvalue weighted by atomic mass is 16.5. The van der Waals surface area contributed by atoms with E-state index >= 15 is 0 Å². The van der Waals surface area contributed by atoms with E-state index in [1.165, 1.54) is 4.90 Å². The molecule has 0 fully saturated rings. The molecule has 1 atom stereocenters. The van der Waals surface area contributed by atoms with Gasteiger partial charge in [-0.15, -0.1) is 0 Å². The average Bonchev–Trinajstić information content (AvgIpc) is 2.97. The third-order valence-corrected chi connectivity index (χ3v) is 4.90. The van der Waals surface area contributed by atoms with Crippen LogP contribution in [0.2, 0.25) is 0 Å². The maximum Gasteiger partial charge on any atom is 0.244 e. The van der Waals surface area contributed by atoms with Crippen molar-refractivity contribution in [2.75, 3.05) is 30.0 Å². The summed E-state index contributed by atoms with van der Waals surface area (Å²) in [6.45, 7) is 4.56. The standard InChI is InChI=1S/C22H24N2O5/c1-3-27-20-11-15-10-14(2)29-19(15)12-16(20)23-21(25)13-24-17-6-4-5-7-18(17)28-9-8-22(24)26/h4-7,11-12,14H,3,8-10,13H2,1-2H3,(H,23,25)/t14-/m1/s1. The maximum absolute atomic E-state index is 12.8. The average molecular weight is 396 g/mol. The first-order valence-electron chi connectivity index (χ1n) is 9.83. The van der Waals surface area contributed by atoms with Crippen molar-refractivity contribution >= 4 is 23.2 Å².